The predicted molar refractivity (Wildman–Crippen MR) is 72.0 cm³/mol. The first-order valence-corrected chi connectivity index (χ1v) is 5.77. The van der Waals surface area contributed by atoms with Gasteiger partial charge in [-0.15, -0.1) is 6.42 Å². The number of terminal acetylenes is 1. The molecule has 0 bridgehead atoms. The van der Waals surface area contributed by atoms with Crippen molar-refractivity contribution in [1.82, 2.24) is 0 Å². The van der Waals surface area contributed by atoms with Gasteiger partial charge >= 0.3 is 0 Å². The van der Waals surface area contributed by atoms with Gasteiger partial charge < -0.3 is 0 Å². The Labute approximate surface area is 110 Å². The van der Waals surface area contributed by atoms with Crippen molar-refractivity contribution in [3.05, 3.63) is 65.2 Å². The van der Waals surface area contributed by atoms with Crippen molar-refractivity contribution in [1.29, 1.82) is 0 Å². The number of rotatable bonds is 1. The van der Waals surface area contributed by atoms with Gasteiger partial charge in [-0.25, -0.2) is 4.90 Å². The zero-order chi connectivity index (χ0) is 13.4. The molecule has 3 nitrogen and oxygen atoms in total. The summed E-state index contributed by atoms with van der Waals surface area (Å²) in [4.78, 5) is 25.7. The Morgan fingerprint density at radius 3 is 2.26 bits per heavy atom. The van der Waals surface area contributed by atoms with E-state index in [0.29, 0.717) is 22.4 Å². The van der Waals surface area contributed by atoms with E-state index in [2.05, 4.69) is 5.92 Å². The molecule has 90 valence electrons. The molecule has 0 spiro atoms. The van der Waals surface area contributed by atoms with Gasteiger partial charge in [-0.3, -0.25) is 9.59 Å². The minimum absolute atomic E-state index is 0.310. The number of anilines is 1. The van der Waals surface area contributed by atoms with E-state index in [1.165, 1.54) is 4.90 Å². The SMILES string of the molecule is C#Cc1ccc2c(c1)C(=O)N(c1ccccc1)C2=O. The van der Waals surface area contributed by atoms with Crippen LogP contribution in [0.5, 0.6) is 0 Å². The van der Waals surface area contributed by atoms with Crippen LogP contribution in [0.1, 0.15) is 26.3 Å². The number of benzene rings is 2. The molecule has 1 aliphatic rings. The average molecular weight is 247 g/mol. The molecule has 0 aliphatic carbocycles. The Balaban J connectivity index is 2.13. The molecule has 2 aromatic rings. The van der Waals surface area contributed by atoms with Gasteiger partial charge in [-0.1, -0.05) is 24.1 Å². The van der Waals surface area contributed by atoms with E-state index in [9.17, 15) is 9.59 Å². The van der Waals surface area contributed by atoms with Crippen LogP contribution in [0.15, 0.2) is 48.5 Å². The topological polar surface area (TPSA) is 37.4 Å². The molecule has 19 heavy (non-hydrogen) atoms. The first-order valence-electron chi connectivity index (χ1n) is 5.77. The van der Waals surface area contributed by atoms with Crippen LogP contribution in [0.2, 0.25) is 0 Å². The van der Waals surface area contributed by atoms with Crippen molar-refractivity contribution in [2.75, 3.05) is 4.90 Å². The summed E-state index contributed by atoms with van der Waals surface area (Å²) in [6.45, 7) is 0. The van der Waals surface area contributed by atoms with Crippen LogP contribution < -0.4 is 4.90 Å². The number of fused-ring (bicyclic) bond motifs is 1. The predicted octanol–water partition coefficient (Wildman–Crippen LogP) is 2.47. The highest BCUT2D eigenvalue weighted by molar-refractivity contribution is 6.34. The molecule has 3 rings (SSSR count). The molecule has 0 saturated carbocycles. The molecular weight excluding hydrogens is 238 g/mol. The lowest BCUT2D eigenvalue weighted by molar-refractivity contribution is 0.0926. The number of hydrogen-bond acceptors (Lipinski definition) is 2. The third kappa shape index (κ3) is 1.62. The number of carbonyl (C=O) groups excluding carboxylic acids is 2. The lowest BCUT2D eigenvalue weighted by Crippen LogP contribution is -2.29. The second-order valence-electron chi connectivity index (χ2n) is 4.19. The normalized spacial score (nSPS) is 13.3. The number of amides is 2. The number of hydrogen-bond donors (Lipinski definition) is 0. The van der Waals surface area contributed by atoms with Gasteiger partial charge in [0.1, 0.15) is 0 Å². The van der Waals surface area contributed by atoms with Crippen LogP contribution in [0.25, 0.3) is 0 Å². The molecule has 0 atom stereocenters. The zero-order valence-electron chi connectivity index (χ0n) is 9.96. The fraction of sp³-hybridized carbons (Fsp3) is 0. The molecule has 3 heteroatoms. The van der Waals surface area contributed by atoms with Crippen LogP contribution in [0, 0.1) is 12.3 Å². The molecule has 2 amide bonds. The number of imide groups is 1. The van der Waals surface area contributed by atoms with Crippen molar-refractivity contribution in [3.8, 4) is 12.3 Å². The second kappa shape index (κ2) is 4.11. The van der Waals surface area contributed by atoms with E-state index in [1.807, 2.05) is 6.07 Å². The third-order valence-electron chi connectivity index (χ3n) is 3.07. The van der Waals surface area contributed by atoms with Gasteiger partial charge in [0, 0.05) is 5.56 Å². The Kier molecular flexibility index (Phi) is 2.43. The van der Waals surface area contributed by atoms with Gasteiger partial charge in [0.25, 0.3) is 11.8 Å². The van der Waals surface area contributed by atoms with E-state index < -0.39 is 0 Å². The molecule has 0 N–H and O–H groups in total. The monoisotopic (exact) mass is 247 g/mol. The summed E-state index contributed by atoms with van der Waals surface area (Å²) in [5.74, 6) is 1.82. The number of para-hydroxylation sites is 1. The molecule has 0 saturated heterocycles. The second-order valence-corrected chi connectivity index (χ2v) is 4.19. The number of nitrogens with zero attached hydrogens (tertiary/aromatic N) is 1. The summed E-state index contributed by atoms with van der Waals surface area (Å²) in [6.07, 6.45) is 5.31. The van der Waals surface area contributed by atoms with Crippen LogP contribution in [0.4, 0.5) is 5.69 Å². The van der Waals surface area contributed by atoms with Gasteiger partial charge in [0.05, 0.1) is 16.8 Å². The Hall–Kier alpha value is -2.86. The fourth-order valence-electron chi connectivity index (χ4n) is 2.14. The van der Waals surface area contributed by atoms with Crippen molar-refractivity contribution >= 4 is 17.5 Å². The molecule has 1 heterocycles. The van der Waals surface area contributed by atoms with E-state index in [-0.39, 0.29) is 11.8 Å². The highest BCUT2D eigenvalue weighted by Crippen LogP contribution is 2.28. The Morgan fingerprint density at radius 1 is 0.895 bits per heavy atom. The molecule has 2 aromatic carbocycles. The van der Waals surface area contributed by atoms with Crippen LogP contribution in [0.3, 0.4) is 0 Å². The first-order chi connectivity index (χ1) is 9.22. The summed E-state index contributed by atoms with van der Waals surface area (Å²) >= 11 is 0. The highest BCUT2D eigenvalue weighted by atomic mass is 16.2. The molecule has 0 fully saturated rings. The molecule has 1 aliphatic heterocycles. The number of carbonyl (C=O) groups is 2. The van der Waals surface area contributed by atoms with Crippen molar-refractivity contribution in [2.24, 2.45) is 0 Å². The lowest BCUT2D eigenvalue weighted by Gasteiger charge is -2.13. The van der Waals surface area contributed by atoms with Gasteiger partial charge in [0.15, 0.2) is 0 Å². The largest absolute Gasteiger partial charge is 0.268 e. The maximum atomic E-state index is 12.3. The molecule has 0 radical (unpaired) electrons. The zero-order valence-corrected chi connectivity index (χ0v) is 9.96. The maximum absolute atomic E-state index is 12.3. The molecular formula is C16H9NO2. The summed E-state index contributed by atoms with van der Waals surface area (Å²) in [7, 11) is 0. The van der Waals surface area contributed by atoms with Crippen molar-refractivity contribution in [3.63, 3.8) is 0 Å². The highest BCUT2D eigenvalue weighted by Gasteiger charge is 2.36. The maximum Gasteiger partial charge on any atom is 0.266 e. The van der Waals surface area contributed by atoms with Gasteiger partial charge in [0.2, 0.25) is 0 Å². The summed E-state index contributed by atoms with van der Waals surface area (Å²) in [5.41, 5.74) is 1.92. The van der Waals surface area contributed by atoms with Crippen LogP contribution >= 0.6 is 0 Å². The van der Waals surface area contributed by atoms with E-state index >= 15 is 0 Å². The van der Waals surface area contributed by atoms with Gasteiger partial charge in [-0.05, 0) is 30.3 Å². The summed E-state index contributed by atoms with van der Waals surface area (Å²) in [6, 6.07) is 13.7. The van der Waals surface area contributed by atoms with Crippen LogP contribution in [-0.4, -0.2) is 11.8 Å². The summed E-state index contributed by atoms with van der Waals surface area (Å²) in [5, 5.41) is 0. The fourth-order valence-corrected chi connectivity index (χ4v) is 2.14. The van der Waals surface area contributed by atoms with Crippen molar-refractivity contribution in [2.45, 2.75) is 0 Å². The van der Waals surface area contributed by atoms with E-state index in [1.54, 1.807) is 42.5 Å². The first kappa shape index (κ1) is 11.2. The van der Waals surface area contributed by atoms with E-state index in [0.717, 1.165) is 0 Å². The third-order valence-corrected chi connectivity index (χ3v) is 3.07. The van der Waals surface area contributed by atoms with Gasteiger partial charge in [-0.2, -0.15) is 0 Å². The van der Waals surface area contributed by atoms with E-state index in [4.69, 9.17) is 6.42 Å². The average Bonchev–Trinajstić information content (AvgIpc) is 2.71. The standard InChI is InChI=1S/C16H9NO2/c1-2-11-8-9-13-14(10-11)16(19)17(15(13)18)12-6-4-3-5-7-12/h1,3-10H. The Bertz CT molecular complexity index is 726. The van der Waals surface area contributed by atoms with Crippen molar-refractivity contribution < 1.29 is 9.59 Å². The smallest absolute Gasteiger partial charge is 0.266 e. The summed E-state index contributed by atoms with van der Waals surface area (Å²) < 4.78 is 0. The quantitative estimate of drug-likeness (QED) is 0.573. The Morgan fingerprint density at radius 2 is 1.58 bits per heavy atom. The lowest BCUT2D eigenvalue weighted by atomic mass is 10.1. The molecule has 0 aromatic heterocycles. The molecule has 0 unspecified atom stereocenters. The van der Waals surface area contributed by atoms with Crippen LogP contribution in [-0.2, 0) is 0 Å². The minimum atomic E-state index is -0.330. The minimum Gasteiger partial charge on any atom is -0.268 e.